The summed E-state index contributed by atoms with van der Waals surface area (Å²) in [5, 5.41) is 16.8. The Balaban J connectivity index is 1.57. The summed E-state index contributed by atoms with van der Waals surface area (Å²) >= 11 is 3.29. The maximum Gasteiger partial charge on any atom is 0.308 e. The van der Waals surface area contributed by atoms with Crippen molar-refractivity contribution in [2.24, 2.45) is 17.3 Å². The molecule has 2 aromatic heterocycles. The maximum atomic E-state index is 12.5. The molecule has 154 valence electrons. The lowest BCUT2D eigenvalue weighted by atomic mass is 9.81. The molecule has 1 aliphatic heterocycles. The van der Waals surface area contributed by atoms with Gasteiger partial charge in [-0.15, -0.1) is 22.7 Å². The Bertz CT molecular complexity index is 797. The first-order valence-corrected chi connectivity index (χ1v) is 11.6. The summed E-state index contributed by atoms with van der Waals surface area (Å²) in [5.41, 5.74) is -0.405. The monoisotopic (exact) mass is 422 g/mol. The van der Waals surface area contributed by atoms with Gasteiger partial charge in [-0.05, 0) is 62.2 Å². The molecule has 0 saturated carbocycles. The van der Waals surface area contributed by atoms with Crippen LogP contribution in [0.2, 0.25) is 0 Å². The van der Waals surface area contributed by atoms with Gasteiger partial charge in [0.1, 0.15) is 0 Å². The maximum absolute atomic E-state index is 12.5. The van der Waals surface area contributed by atoms with E-state index in [1.165, 1.54) is 39.5 Å². The van der Waals surface area contributed by atoms with E-state index in [0.29, 0.717) is 4.88 Å². The van der Waals surface area contributed by atoms with Gasteiger partial charge < -0.3 is 15.7 Å². The Kier molecular flexibility index (Phi) is 6.78. The van der Waals surface area contributed by atoms with Crippen LogP contribution < -0.4 is 10.6 Å². The first-order chi connectivity index (χ1) is 13.2. The van der Waals surface area contributed by atoms with E-state index in [0.717, 1.165) is 30.8 Å². The van der Waals surface area contributed by atoms with Crippen LogP contribution in [-0.2, 0) is 11.2 Å². The van der Waals surface area contributed by atoms with E-state index in [9.17, 15) is 14.7 Å². The zero-order valence-electron chi connectivity index (χ0n) is 16.8. The minimum Gasteiger partial charge on any atom is -0.481 e. The molecule has 7 heteroatoms. The summed E-state index contributed by atoms with van der Waals surface area (Å²) in [5.74, 6) is -0.842. The molecular formula is C21H30N2O3S2. The number of carbonyl (C=O) groups excluding carboxylic acids is 1. The Morgan fingerprint density at radius 3 is 2.57 bits per heavy atom. The number of amides is 1. The minimum atomic E-state index is -0.877. The molecule has 1 fully saturated rings. The standard InChI is InChI=1S/C21H30N2O3S2/c1-21(2,3)16(19(25)26)12-23-18(24)17-11-14-10-15(27-20(14)28-17)5-4-13-6-8-22-9-7-13/h10-11,13,16,22H,4-9,12H2,1-3H3,(H,23,24)(H,25,26). The number of fused-ring (bicyclic) bond motifs is 1. The molecule has 5 nitrogen and oxygen atoms in total. The third kappa shape index (κ3) is 5.33. The van der Waals surface area contributed by atoms with Crippen molar-refractivity contribution in [3.63, 3.8) is 0 Å². The van der Waals surface area contributed by atoms with E-state index < -0.39 is 17.3 Å². The molecule has 1 saturated heterocycles. The molecule has 0 spiro atoms. The van der Waals surface area contributed by atoms with E-state index in [4.69, 9.17) is 0 Å². The van der Waals surface area contributed by atoms with Crippen molar-refractivity contribution in [2.45, 2.75) is 46.5 Å². The molecule has 1 amide bonds. The molecule has 3 heterocycles. The topological polar surface area (TPSA) is 78.4 Å². The molecule has 1 aliphatic rings. The second-order valence-electron chi connectivity index (χ2n) is 8.77. The van der Waals surface area contributed by atoms with Gasteiger partial charge in [-0.2, -0.15) is 0 Å². The fraction of sp³-hybridized carbons (Fsp3) is 0.619. The van der Waals surface area contributed by atoms with Crippen molar-refractivity contribution in [3.8, 4) is 0 Å². The molecule has 1 atom stereocenters. The highest BCUT2D eigenvalue weighted by Crippen LogP contribution is 2.35. The number of rotatable bonds is 7. The molecule has 0 radical (unpaired) electrons. The minimum absolute atomic E-state index is 0.144. The Morgan fingerprint density at radius 2 is 1.96 bits per heavy atom. The number of carboxylic acid groups (broad SMARTS) is 1. The lowest BCUT2D eigenvalue weighted by Crippen LogP contribution is -2.39. The summed E-state index contributed by atoms with van der Waals surface area (Å²) < 4.78 is 1.18. The molecular weight excluding hydrogens is 392 g/mol. The zero-order valence-corrected chi connectivity index (χ0v) is 18.5. The number of aryl methyl sites for hydroxylation is 1. The largest absolute Gasteiger partial charge is 0.481 e. The Hall–Kier alpha value is -1.44. The summed E-state index contributed by atoms with van der Waals surface area (Å²) in [6.45, 7) is 8.06. The second kappa shape index (κ2) is 8.93. The number of hydrogen-bond acceptors (Lipinski definition) is 5. The zero-order chi connectivity index (χ0) is 20.3. The lowest BCUT2D eigenvalue weighted by Gasteiger charge is -2.27. The van der Waals surface area contributed by atoms with Crippen molar-refractivity contribution in [3.05, 3.63) is 21.9 Å². The molecule has 1 unspecified atom stereocenters. The second-order valence-corrected chi connectivity index (χ2v) is 11.2. The van der Waals surface area contributed by atoms with Crippen LogP contribution in [0.3, 0.4) is 0 Å². The smallest absolute Gasteiger partial charge is 0.308 e. The average Bonchev–Trinajstić information content (AvgIpc) is 3.18. The summed E-state index contributed by atoms with van der Waals surface area (Å²) in [4.78, 5) is 26.0. The number of carboxylic acids is 1. The predicted molar refractivity (Wildman–Crippen MR) is 117 cm³/mol. The molecule has 0 aromatic carbocycles. The third-order valence-electron chi connectivity index (χ3n) is 5.56. The number of nitrogens with one attached hydrogen (secondary N) is 2. The van der Waals surface area contributed by atoms with Gasteiger partial charge in [0.25, 0.3) is 5.91 Å². The number of aliphatic carboxylic acids is 1. The van der Waals surface area contributed by atoms with Crippen LogP contribution in [-0.4, -0.2) is 36.6 Å². The molecule has 2 aromatic rings. The number of thiophene rings is 2. The molecule has 3 rings (SSSR count). The highest BCUT2D eigenvalue weighted by Gasteiger charge is 2.31. The fourth-order valence-electron chi connectivity index (χ4n) is 3.69. The van der Waals surface area contributed by atoms with Gasteiger partial charge in [0.05, 0.1) is 14.8 Å². The average molecular weight is 423 g/mol. The predicted octanol–water partition coefficient (Wildman–Crippen LogP) is 4.37. The van der Waals surface area contributed by atoms with Gasteiger partial charge in [-0.1, -0.05) is 20.8 Å². The van der Waals surface area contributed by atoms with Crippen LogP contribution >= 0.6 is 22.7 Å². The van der Waals surface area contributed by atoms with Crippen molar-refractivity contribution in [1.82, 2.24) is 10.6 Å². The van der Waals surface area contributed by atoms with E-state index in [2.05, 4.69) is 16.7 Å². The van der Waals surface area contributed by atoms with E-state index >= 15 is 0 Å². The normalized spacial score (nSPS) is 17.0. The van der Waals surface area contributed by atoms with Gasteiger partial charge in [0, 0.05) is 16.8 Å². The Morgan fingerprint density at radius 1 is 1.25 bits per heavy atom. The fourth-order valence-corrected chi connectivity index (χ4v) is 6.11. The van der Waals surface area contributed by atoms with Crippen molar-refractivity contribution in [2.75, 3.05) is 19.6 Å². The van der Waals surface area contributed by atoms with Crippen LogP contribution in [0.25, 0.3) is 9.40 Å². The van der Waals surface area contributed by atoms with Gasteiger partial charge in [0.2, 0.25) is 0 Å². The van der Waals surface area contributed by atoms with Crippen LogP contribution in [0, 0.1) is 17.3 Å². The van der Waals surface area contributed by atoms with Crippen molar-refractivity contribution >= 4 is 43.9 Å². The quantitative estimate of drug-likeness (QED) is 0.619. The molecule has 0 aliphatic carbocycles. The van der Waals surface area contributed by atoms with Crippen LogP contribution in [0.15, 0.2) is 12.1 Å². The number of carbonyl (C=O) groups is 2. The van der Waals surface area contributed by atoms with E-state index in [1.807, 2.05) is 26.8 Å². The van der Waals surface area contributed by atoms with Crippen LogP contribution in [0.4, 0.5) is 0 Å². The highest BCUT2D eigenvalue weighted by atomic mass is 32.2. The summed E-state index contributed by atoms with van der Waals surface area (Å²) in [7, 11) is 0. The van der Waals surface area contributed by atoms with Crippen LogP contribution in [0.1, 0.15) is 54.6 Å². The van der Waals surface area contributed by atoms with Crippen LogP contribution in [0.5, 0.6) is 0 Å². The SMILES string of the molecule is CC(C)(C)C(CNC(=O)c1cc2cc(CCC3CCNCC3)sc2s1)C(=O)O. The first kappa shape index (κ1) is 21.3. The van der Waals surface area contributed by atoms with Gasteiger partial charge >= 0.3 is 5.97 Å². The highest BCUT2D eigenvalue weighted by molar-refractivity contribution is 7.39. The molecule has 3 N–H and O–H groups in total. The van der Waals surface area contributed by atoms with Crippen molar-refractivity contribution < 1.29 is 14.7 Å². The summed E-state index contributed by atoms with van der Waals surface area (Å²) in [6.07, 6.45) is 4.91. The first-order valence-electron chi connectivity index (χ1n) is 9.98. The molecule has 0 bridgehead atoms. The Labute approximate surface area is 174 Å². The van der Waals surface area contributed by atoms with Gasteiger partial charge in [-0.3, -0.25) is 9.59 Å². The lowest BCUT2D eigenvalue weighted by molar-refractivity contribution is -0.145. The van der Waals surface area contributed by atoms with Gasteiger partial charge in [-0.25, -0.2) is 0 Å². The van der Waals surface area contributed by atoms with Crippen molar-refractivity contribution in [1.29, 1.82) is 0 Å². The number of hydrogen-bond donors (Lipinski definition) is 3. The molecule has 28 heavy (non-hydrogen) atoms. The third-order valence-corrected chi connectivity index (χ3v) is 8.01. The number of piperidine rings is 1. The summed E-state index contributed by atoms with van der Waals surface area (Å²) in [6, 6.07) is 4.15. The van der Waals surface area contributed by atoms with E-state index in [1.54, 1.807) is 11.3 Å². The van der Waals surface area contributed by atoms with Gasteiger partial charge in [0.15, 0.2) is 0 Å². The van der Waals surface area contributed by atoms with E-state index in [-0.39, 0.29) is 12.5 Å².